The van der Waals surface area contributed by atoms with Gasteiger partial charge >= 0.3 is 0 Å². The van der Waals surface area contributed by atoms with Crippen LogP contribution in [0.15, 0.2) is 74.8 Å². The van der Waals surface area contributed by atoms with E-state index in [0.717, 1.165) is 36.3 Å². The fourth-order valence-corrected chi connectivity index (χ4v) is 4.02. The van der Waals surface area contributed by atoms with Crippen molar-refractivity contribution in [3.8, 4) is 0 Å². The zero-order valence-corrected chi connectivity index (χ0v) is 19.9. The van der Waals surface area contributed by atoms with E-state index < -0.39 is 10.1 Å². The predicted octanol–water partition coefficient (Wildman–Crippen LogP) is 6.04. The lowest BCUT2D eigenvalue weighted by molar-refractivity contribution is 0.216. The molecule has 7 heteroatoms. The molecule has 184 valence electrons. The monoisotopic (exact) mass is 478 g/mol. The van der Waals surface area contributed by atoms with Gasteiger partial charge in [0.15, 0.2) is 0 Å². The third-order valence-corrected chi connectivity index (χ3v) is 6.62. The zero-order valence-electron chi connectivity index (χ0n) is 19.1. The van der Waals surface area contributed by atoms with Crippen LogP contribution in [0.2, 0.25) is 0 Å². The van der Waals surface area contributed by atoms with Crippen LogP contribution in [0, 0.1) is 18.8 Å². The summed E-state index contributed by atoms with van der Waals surface area (Å²) in [5, 5.41) is 8.88. The maximum Gasteiger partial charge on any atom is 0.296 e. The molecule has 0 aliphatic heterocycles. The van der Waals surface area contributed by atoms with Gasteiger partial charge in [-0.15, -0.1) is 0 Å². The number of aliphatic hydroxyl groups excluding tert-OH is 1. The molecule has 33 heavy (non-hydrogen) atoms. The van der Waals surface area contributed by atoms with Crippen molar-refractivity contribution in [2.45, 2.75) is 58.8 Å². The quantitative estimate of drug-likeness (QED) is 0.338. The van der Waals surface area contributed by atoms with Gasteiger partial charge in [-0.05, 0) is 55.2 Å². The van der Waals surface area contributed by atoms with E-state index in [1.807, 2.05) is 38.1 Å². The smallest absolute Gasteiger partial charge is 0.296 e. The van der Waals surface area contributed by atoms with E-state index >= 15 is 0 Å². The van der Waals surface area contributed by atoms with Gasteiger partial charge in [0.05, 0.1) is 24.0 Å². The average molecular weight is 479 g/mol. The maximum absolute atomic E-state index is 12.1. The minimum atomic E-state index is -3.69. The Labute approximate surface area is 198 Å². The molecule has 1 aromatic carbocycles. The first-order valence-electron chi connectivity index (χ1n) is 11.0. The largest absolute Gasteiger partial charge is 0.469 e. The van der Waals surface area contributed by atoms with Crippen molar-refractivity contribution in [2.24, 2.45) is 11.8 Å². The first kappa shape index (κ1) is 28.7. The molecule has 0 bridgehead atoms. The van der Waals surface area contributed by atoms with Gasteiger partial charge in [-0.3, -0.25) is 4.18 Å². The van der Waals surface area contributed by atoms with Crippen molar-refractivity contribution in [3.63, 3.8) is 0 Å². The fraction of sp³-hybridized carbons (Fsp3) is 0.462. The van der Waals surface area contributed by atoms with Gasteiger partial charge in [0.2, 0.25) is 0 Å². The Balaban J connectivity index is 0.000000385. The molecule has 0 amide bonds. The van der Waals surface area contributed by atoms with Crippen molar-refractivity contribution < 1.29 is 26.5 Å². The van der Waals surface area contributed by atoms with E-state index in [0.29, 0.717) is 12.3 Å². The Kier molecular flexibility index (Phi) is 12.8. The molecule has 0 aliphatic rings. The Morgan fingerprint density at radius 2 is 1.39 bits per heavy atom. The van der Waals surface area contributed by atoms with E-state index in [9.17, 15) is 8.42 Å². The van der Waals surface area contributed by atoms with Crippen molar-refractivity contribution in [2.75, 3.05) is 13.2 Å². The number of hydrogen-bond acceptors (Lipinski definition) is 6. The van der Waals surface area contributed by atoms with Gasteiger partial charge in [0.25, 0.3) is 10.1 Å². The number of aryl methyl sites for hydroxylation is 1. The van der Waals surface area contributed by atoms with E-state index in [-0.39, 0.29) is 31.5 Å². The molecular formula is C26H38O6S. The van der Waals surface area contributed by atoms with Gasteiger partial charge in [0, 0.05) is 19.4 Å². The number of rotatable bonds is 11. The third-order valence-electron chi connectivity index (χ3n) is 5.32. The summed E-state index contributed by atoms with van der Waals surface area (Å²) in [7, 11) is -3.69. The average Bonchev–Trinajstić information content (AvgIpc) is 3.50. The topological polar surface area (TPSA) is 89.9 Å². The summed E-state index contributed by atoms with van der Waals surface area (Å²) in [6.45, 7) is 6.40. The SMILES string of the molecule is C.CC[C@@H](CO)Cc1ccco1.CC[C@@H](COS(=O)(=O)c1ccc(C)cc1)Cc1ccco1. The van der Waals surface area contributed by atoms with Gasteiger partial charge in [-0.1, -0.05) is 51.8 Å². The zero-order chi connectivity index (χ0) is 23.4. The van der Waals surface area contributed by atoms with Crippen LogP contribution in [0.3, 0.4) is 0 Å². The minimum Gasteiger partial charge on any atom is -0.469 e. The van der Waals surface area contributed by atoms with Crippen LogP contribution in [0.1, 0.15) is 51.2 Å². The van der Waals surface area contributed by atoms with Crippen molar-refractivity contribution in [1.82, 2.24) is 0 Å². The second-order valence-electron chi connectivity index (χ2n) is 7.85. The summed E-state index contributed by atoms with van der Waals surface area (Å²) in [5.41, 5.74) is 1.01. The standard InChI is InChI=1S/C16H20O4S.C9H14O2.CH4/c1-3-14(11-15-5-4-10-19-15)12-20-21(17,18)16-8-6-13(2)7-9-16;1-2-8(7-10)6-9-4-3-5-11-9;/h4-10,14H,3,11-12H2,1-2H3;3-5,8,10H,2,6-7H2,1H3;1H4/t14-;8-;/m11./s1. The van der Waals surface area contributed by atoms with Crippen molar-refractivity contribution in [1.29, 1.82) is 0 Å². The first-order valence-corrected chi connectivity index (χ1v) is 12.4. The van der Waals surface area contributed by atoms with Crippen LogP contribution in [-0.2, 0) is 27.1 Å². The van der Waals surface area contributed by atoms with E-state index in [1.165, 1.54) is 0 Å². The molecular weight excluding hydrogens is 440 g/mol. The molecule has 3 aromatic rings. The first-order chi connectivity index (χ1) is 15.4. The normalized spacial score (nSPS) is 12.8. The second-order valence-corrected chi connectivity index (χ2v) is 9.47. The molecule has 0 aliphatic carbocycles. The lowest BCUT2D eigenvalue weighted by Crippen LogP contribution is -2.16. The number of benzene rings is 1. The highest BCUT2D eigenvalue weighted by atomic mass is 32.2. The number of hydrogen-bond donors (Lipinski definition) is 1. The second kappa shape index (κ2) is 14.7. The summed E-state index contributed by atoms with van der Waals surface area (Å²) >= 11 is 0. The molecule has 3 rings (SSSR count). The summed E-state index contributed by atoms with van der Waals surface area (Å²) in [4.78, 5) is 0.195. The molecule has 2 aromatic heterocycles. The summed E-state index contributed by atoms with van der Waals surface area (Å²) in [6.07, 6.45) is 6.62. The van der Waals surface area contributed by atoms with Gasteiger partial charge in [0.1, 0.15) is 11.5 Å². The highest BCUT2D eigenvalue weighted by Gasteiger charge is 2.18. The highest BCUT2D eigenvalue weighted by Crippen LogP contribution is 2.18. The lowest BCUT2D eigenvalue weighted by atomic mass is 10.0. The van der Waals surface area contributed by atoms with Gasteiger partial charge < -0.3 is 13.9 Å². The van der Waals surface area contributed by atoms with Gasteiger partial charge in [-0.2, -0.15) is 8.42 Å². The number of aliphatic hydroxyl groups is 1. The Bertz CT molecular complexity index is 956. The molecule has 6 nitrogen and oxygen atoms in total. The maximum atomic E-state index is 12.1. The van der Waals surface area contributed by atoms with E-state index in [1.54, 1.807) is 36.8 Å². The summed E-state index contributed by atoms with van der Waals surface area (Å²) < 4.78 is 39.9. The van der Waals surface area contributed by atoms with Crippen LogP contribution in [-0.4, -0.2) is 26.7 Å². The molecule has 2 heterocycles. The van der Waals surface area contributed by atoms with Crippen LogP contribution in [0.25, 0.3) is 0 Å². The minimum absolute atomic E-state index is 0. The molecule has 0 spiro atoms. The predicted molar refractivity (Wildman–Crippen MR) is 131 cm³/mol. The van der Waals surface area contributed by atoms with Crippen LogP contribution in [0.4, 0.5) is 0 Å². The van der Waals surface area contributed by atoms with Crippen molar-refractivity contribution >= 4 is 10.1 Å². The molecule has 2 atom stereocenters. The molecule has 0 radical (unpaired) electrons. The highest BCUT2D eigenvalue weighted by molar-refractivity contribution is 7.86. The molecule has 0 saturated heterocycles. The summed E-state index contributed by atoms with van der Waals surface area (Å²) in [5.74, 6) is 2.27. The Hall–Kier alpha value is -2.35. The number of furan rings is 2. The van der Waals surface area contributed by atoms with Crippen molar-refractivity contribution in [3.05, 3.63) is 78.1 Å². The molecule has 0 saturated carbocycles. The molecule has 0 fully saturated rings. The Morgan fingerprint density at radius 1 is 0.879 bits per heavy atom. The van der Waals surface area contributed by atoms with Crippen LogP contribution >= 0.6 is 0 Å². The van der Waals surface area contributed by atoms with Crippen LogP contribution < -0.4 is 0 Å². The van der Waals surface area contributed by atoms with Gasteiger partial charge in [-0.25, -0.2) is 0 Å². The summed E-state index contributed by atoms with van der Waals surface area (Å²) in [6, 6.07) is 14.2. The third kappa shape index (κ3) is 9.98. The molecule has 1 N–H and O–H groups in total. The van der Waals surface area contributed by atoms with E-state index in [2.05, 4.69) is 6.92 Å². The van der Waals surface area contributed by atoms with E-state index in [4.69, 9.17) is 18.1 Å². The fourth-order valence-electron chi connectivity index (χ4n) is 3.04. The lowest BCUT2D eigenvalue weighted by Gasteiger charge is -2.13. The van der Waals surface area contributed by atoms with Crippen LogP contribution in [0.5, 0.6) is 0 Å². The Morgan fingerprint density at radius 3 is 1.82 bits per heavy atom. The molecule has 0 unspecified atom stereocenters.